The van der Waals surface area contributed by atoms with Crippen LogP contribution in [0.15, 0.2) is 71.7 Å². The molecule has 2 atom stereocenters. The summed E-state index contributed by atoms with van der Waals surface area (Å²) < 4.78 is 11.5. The van der Waals surface area contributed by atoms with Gasteiger partial charge in [-0.25, -0.2) is 0 Å². The third kappa shape index (κ3) is 4.12. The molecule has 1 unspecified atom stereocenters. The molecule has 181 valence electrons. The number of carbonyl (C=O) groups excluding carboxylic acids is 1. The smallest absolute Gasteiger partial charge is 0.252 e. The molecule has 3 heterocycles. The lowest BCUT2D eigenvalue weighted by molar-refractivity contribution is 0.0562. The average Bonchev–Trinajstić information content (AvgIpc) is 3.42. The quantitative estimate of drug-likeness (QED) is 0.374. The van der Waals surface area contributed by atoms with Crippen molar-refractivity contribution >= 4 is 27.1 Å². The Morgan fingerprint density at radius 3 is 2.78 bits per heavy atom. The lowest BCUT2D eigenvalue weighted by atomic mass is 9.94. The van der Waals surface area contributed by atoms with Crippen molar-refractivity contribution < 1.29 is 13.9 Å². The molecule has 3 radical (unpaired) electrons. The number of aromatic nitrogens is 1. The monoisotopic (exact) mass is 494 g/mol. The van der Waals surface area contributed by atoms with E-state index in [1.54, 1.807) is 18.7 Å². The van der Waals surface area contributed by atoms with Gasteiger partial charge in [-0.3, -0.25) is 9.78 Å². The normalized spacial score (nSPS) is 19.5. The van der Waals surface area contributed by atoms with Crippen LogP contribution in [0.1, 0.15) is 40.7 Å². The predicted molar refractivity (Wildman–Crippen MR) is 140 cm³/mol. The molecular weight excluding hydrogens is 466 g/mol. The molecule has 2 aromatic heterocycles. The molecule has 1 N–H and O–H groups in total. The number of fused-ring (bicyclic) bond motifs is 1. The van der Waals surface area contributed by atoms with Gasteiger partial charge in [0.05, 0.1) is 39.6 Å². The number of benzene rings is 2. The number of carbonyl (C=O) groups is 1. The largest absolute Gasteiger partial charge is 0.493 e. The summed E-state index contributed by atoms with van der Waals surface area (Å²) in [5, 5.41) is 4.43. The lowest BCUT2D eigenvalue weighted by Gasteiger charge is -2.41. The van der Waals surface area contributed by atoms with Crippen LogP contribution in [-0.4, -0.2) is 51.4 Å². The van der Waals surface area contributed by atoms with E-state index in [1.165, 1.54) is 0 Å². The summed E-state index contributed by atoms with van der Waals surface area (Å²) in [7, 11) is 5.82. The number of amides is 1. The van der Waals surface area contributed by atoms with Gasteiger partial charge < -0.3 is 19.4 Å². The molecule has 7 heteroatoms. The van der Waals surface area contributed by atoms with E-state index in [2.05, 4.69) is 50.7 Å². The lowest BCUT2D eigenvalue weighted by Crippen LogP contribution is -2.53. The van der Waals surface area contributed by atoms with E-state index >= 15 is 0 Å². The topological polar surface area (TPSA) is 67.6 Å². The van der Waals surface area contributed by atoms with Crippen LogP contribution in [0.2, 0.25) is 0 Å². The number of hydrogen-bond acceptors (Lipinski definition) is 5. The van der Waals surface area contributed by atoms with Gasteiger partial charge in [-0.05, 0) is 92.9 Å². The van der Waals surface area contributed by atoms with Crippen molar-refractivity contribution in [3.8, 4) is 16.9 Å². The van der Waals surface area contributed by atoms with E-state index in [0.29, 0.717) is 17.4 Å². The van der Waals surface area contributed by atoms with E-state index in [-0.39, 0.29) is 11.6 Å². The fourth-order valence-corrected chi connectivity index (χ4v) is 5.67. The van der Waals surface area contributed by atoms with Crippen LogP contribution in [0.5, 0.6) is 5.75 Å². The van der Waals surface area contributed by atoms with E-state index in [0.717, 1.165) is 59.0 Å². The van der Waals surface area contributed by atoms with E-state index in [4.69, 9.17) is 9.15 Å². The number of nitrogens with zero attached hydrogens (tertiary/aromatic N) is 2. The molecular formula is C29H28N3O3Si. The van der Waals surface area contributed by atoms with E-state index < -0.39 is 5.54 Å². The molecule has 36 heavy (non-hydrogen) atoms. The van der Waals surface area contributed by atoms with Crippen LogP contribution in [0.3, 0.4) is 0 Å². The number of likely N-dealkylation sites (tertiary alicyclic amines) is 1. The fourth-order valence-electron chi connectivity index (χ4n) is 5.11. The maximum absolute atomic E-state index is 13.6. The van der Waals surface area contributed by atoms with Crippen LogP contribution >= 0.6 is 0 Å². The van der Waals surface area contributed by atoms with Gasteiger partial charge in [0, 0.05) is 28.8 Å². The van der Waals surface area contributed by atoms with Gasteiger partial charge in [0.2, 0.25) is 0 Å². The van der Waals surface area contributed by atoms with Gasteiger partial charge >= 0.3 is 0 Å². The first kappa shape index (κ1) is 23.0. The molecule has 6 rings (SSSR count). The Balaban J connectivity index is 1.30. The number of rotatable bonds is 7. The molecule has 4 aromatic rings. The van der Waals surface area contributed by atoms with Gasteiger partial charge in [-0.2, -0.15) is 0 Å². The second kappa shape index (κ2) is 8.91. The molecule has 2 fully saturated rings. The Kier molecular flexibility index (Phi) is 5.69. The van der Waals surface area contributed by atoms with Crippen molar-refractivity contribution in [3.63, 3.8) is 0 Å². The SMILES string of the molecule is Cc1ccc(OC([Si])[C@@H]2CCN2C)cc1C(=O)NC1(c2cc(-c3ccoc3)cc3ncccc23)CC1. The summed E-state index contributed by atoms with van der Waals surface area (Å²) >= 11 is 0. The zero-order valence-corrected chi connectivity index (χ0v) is 21.5. The van der Waals surface area contributed by atoms with Crippen molar-refractivity contribution in [2.75, 3.05) is 13.6 Å². The molecule has 6 nitrogen and oxygen atoms in total. The third-order valence-corrected chi connectivity index (χ3v) is 8.11. The van der Waals surface area contributed by atoms with Crippen molar-refractivity contribution in [2.45, 2.75) is 43.5 Å². The van der Waals surface area contributed by atoms with E-state index in [1.807, 2.05) is 37.3 Å². The summed E-state index contributed by atoms with van der Waals surface area (Å²) in [5.41, 5.74) is 5.02. The van der Waals surface area contributed by atoms with Crippen molar-refractivity contribution in [2.24, 2.45) is 0 Å². The molecule has 2 aromatic carbocycles. The number of pyridine rings is 1. The molecule has 0 bridgehead atoms. The van der Waals surface area contributed by atoms with Gasteiger partial charge in [0.15, 0.2) is 0 Å². The molecule has 1 aliphatic carbocycles. The van der Waals surface area contributed by atoms with Crippen LogP contribution in [0.4, 0.5) is 0 Å². The molecule has 1 amide bonds. The Labute approximate surface area is 214 Å². The number of furan rings is 1. The van der Waals surface area contributed by atoms with Crippen molar-refractivity contribution in [3.05, 3.63) is 83.9 Å². The Hall–Kier alpha value is -3.42. The number of ether oxygens (including phenoxy) is 1. The first-order valence-electron chi connectivity index (χ1n) is 12.4. The predicted octanol–water partition coefficient (Wildman–Crippen LogP) is 4.80. The minimum atomic E-state index is -0.423. The average molecular weight is 495 g/mol. The Morgan fingerprint density at radius 2 is 2.08 bits per heavy atom. The van der Waals surface area contributed by atoms with Crippen molar-refractivity contribution in [1.29, 1.82) is 0 Å². The second-order valence-electron chi connectivity index (χ2n) is 9.99. The zero-order valence-electron chi connectivity index (χ0n) is 20.5. The molecule has 1 saturated carbocycles. The van der Waals surface area contributed by atoms with Crippen LogP contribution in [-0.2, 0) is 5.54 Å². The highest BCUT2D eigenvalue weighted by molar-refractivity contribution is 6.11. The Morgan fingerprint density at radius 1 is 1.22 bits per heavy atom. The molecule has 1 saturated heterocycles. The summed E-state index contributed by atoms with van der Waals surface area (Å²) in [4.78, 5) is 20.5. The van der Waals surface area contributed by atoms with Gasteiger partial charge in [-0.1, -0.05) is 12.1 Å². The first-order valence-corrected chi connectivity index (χ1v) is 12.9. The van der Waals surface area contributed by atoms with Gasteiger partial charge in [-0.15, -0.1) is 0 Å². The van der Waals surface area contributed by atoms with Gasteiger partial charge in [0.1, 0.15) is 5.75 Å². The summed E-state index contributed by atoms with van der Waals surface area (Å²) in [6, 6.07) is 16.3. The maximum Gasteiger partial charge on any atom is 0.252 e. The minimum Gasteiger partial charge on any atom is -0.493 e. The van der Waals surface area contributed by atoms with Gasteiger partial charge in [0.25, 0.3) is 5.91 Å². The summed E-state index contributed by atoms with van der Waals surface area (Å²) in [6.45, 7) is 3.03. The number of aryl methyl sites for hydroxylation is 1. The molecule has 1 aliphatic heterocycles. The number of likely N-dealkylation sites (N-methyl/N-ethyl adjacent to an activating group) is 1. The van der Waals surface area contributed by atoms with E-state index in [9.17, 15) is 4.79 Å². The second-order valence-corrected chi connectivity index (χ2v) is 10.6. The third-order valence-electron chi connectivity index (χ3n) is 7.60. The summed E-state index contributed by atoms with van der Waals surface area (Å²) in [5.74, 6) is 0.597. The fraction of sp³-hybridized carbons (Fsp3) is 0.310. The van der Waals surface area contributed by atoms with Crippen molar-refractivity contribution in [1.82, 2.24) is 15.2 Å². The highest BCUT2D eigenvalue weighted by atomic mass is 28.1. The van der Waals surface area contributed by atoms with Crippen LogP contribution in [0.25, 0.3) is 22.0 Å². The minimum absolute atomic E-state index is 0.0903. The highest BCUT2D eigenvalue weighted by Gasteiger charge is 2.47. The molecule has 2 aliphatic rings. The zero-order chi connectivity index (χ0) is 24.9. The molecule has 0 spiro atoms. The highest BCUT2D eigenvalue weighted by Crippen LogP contribution is 2.49. The number of nitrogens with one attached hydrogen (secondary N) is 1. The van der Waals surface area contributed by atoms with Crippen LogP contribution in [0, 0.1) is 6.92 Å². The maximum atomic E-state index is 13.6. The van der Waals surface area contributed by atoms with Crippen LogP contribution < -0.4 is 10.1 Å². The Bertz CT molecular complexity index is 1430. The summed E-state index contributed by atoms with van der Waals surface area (Å²) in [6.07, 6.45) is 8.06. The standard InChI is InChI=1S/C29H28N3O3Si/c1-18-5-6-21(35-28(36)26-7-12-32(26)2)16-23(18)27(33)31-29(9-10-29)24-14-20(19-8-13-34-17-19)15-25-22(24)4-3-11-30-25/h3-6,8,11,13-17,26,28H,7,9-10,12H2,1-2H3,(H,31,33)/t26-,28?/m0/s1. The first-order chi connectivity index (χ1) is 17.4. The number of hydrogen-bond donors (Lipinski definition) is 1.